The Bertz CT molecular complexity index is 1370. The van der Waals surface area contributed by atoms with E-state index in [1.54, 1.807) is 0 Å². The van der Waals surface area contributed by atoms with E-state index < -0.39 is 0 Å². The first-order valence-electron chi connectivity index (χ1n) is 17.1. The van der Waals surface area contributed by atoms with Crippen LogP contribution in [-0.4, -0.2) is 23.4 Å². The van der Waals surface area contributed by atoms with E-state index in [1.165, 1.54) is 73.2 Å². The van der Waals surface area contributed by atoms with Crippen LogP contribution in [0.3, 0.4) is 0 Å². The Kier molecular flexibility index (Phi) is 14.9. The molecule has 3 fully saturated rings. The molecule has 0 unspecified atom stereocenters. The van der Waals surface area contributed by atoms with Crippen LogP contribution in [0, 0.1) is 67.7 Å². The molecule has 2 aromatic carbocycles. The number of benzene rings is 2. The van der Waals surface area contributed by atoms with Crippen LogP contribution in [0.4, 0.5) is 0 Å². The van der Waals surface area contributed by atoms with Crippen molar-refractivity contribution in [1.29, 1.82) is 0 Å². The Morgan fingerprint density at radius 1 is 0.812 bits per heavy atom. The van der Waals surface area contributed by atoms with Gasteiger partial charge in [-0.25, -0.2) is 4.58 Å². The summed E-state index contributed by atoms with van der Waals surface area (Å²) in [5.74, 6) is 9.07. The number of allylic oxidation sites excluding steroid dienone is 2. The fourth-order valence-corrected chi connectivity index (χ4v) is 6.40. The van der Waals surface area contributed by atoms with Crippen LogP contribution in [0.25, 0.3) is 5.57 Å². The molecule has 256 valence electrons. The van der Waals surface area contributed by atoms with E-state index in [4.69, 9.17) is 4.74 Å². The van der Waals surface area contributed by atoms with Gasteiger partial charge in [-0.1, -0.05) is 105 Å². The van der Waals surface area contributed by atoms with Gasteiger partial charge in [0.2, 0.25) is 0 Å². The molecule has 2 aliphatic heterocycles. The van der Waals surface area contributed by atoms with Crippen molar-refractivity contribution in [2.45, 2.75) is 93.9 Å². The Balaban J connectivity index is 0.000000212. The molecule has 10 radical (unpaired) electrons. The molecule has 6 rings (SSSR count). The van der Waals surface area contributed by atoms with Gasteiger partial charge in [-0.3, -0.25) is 0 Å². The van der Waals surface area contributed by atoms with E-state index in [-0.39, 0.29) is 28.4 Å². The predicted octanol–water partition coefficient (Wildman–Crippen LogP) is 8.86. The average molecular weight is 687 g/mol. The molecule has 0 amide bonds. The zero-order valence-electron chi connectivity index (χ0n) is 30.7. The molecule has 0 bridgehead atoms. The van der Waals surface area contributed by atoms with E-state index in [9.17, 15) is 5.11 Å². The first-order chi connectivity index (χ1) is 22.3. The third-order valence-electron chi connectivity index (χ3n) is 9.80. The van der Waals surface area contributed by atoms with Crippen molar-refractivity contribution in [2.24, 2.45) is 0 Å². The number of nitrogens with zero attached hydrogens (tertiary/aromatic N) is 1. The summed E-state index contributed by atoms with van der Waals surface area (Å²) in [6.07, 6.45) is 14.0. The summed E-state index contributed by atoms with van der Waals surface area (Å²) in [7, 11) is 0. The van der Waals surface area contributed by atoms with E-state index in [1.807, 2.05) is 68.6 Å². The molecule has 5 heteroatoms. The van der Waals surface area contributed by atoms with Crippen molar-refractivity contribution in [1.82, 2.24) is 5.32 Å². The summed E-state index contributed by atoms with van der Waals surface area (Å²) in [5, 5.41) is 16.0. The molecule has 0 spiro atoms. The van der Waals surface area contributed by atoms with E-state index in [2.05, 4.69) is 90.6 Å². The summed E-state index contributed by atoms with van der Waals surface area (Å²) >= 11 is 0. The van der Waals surface area contributed by atoms with Gasteiger partial charge >= 0.3 is 0 Å². The van der Waals surface area contributed by atoms with Crippen LogP contribution < -0.4 is 15.2 Å². The number of nitrogens with one attached hydrogen (secondary N) is 1. The van der Waals surface area contributed by atoms with Gasteiger partial charge in [-0.05, 0) is 95.9 Å². The molecule has 1 saturated heterocycles. The smallest absolute Gasteiger partial charge is 0.187 e. The fraction of sp³-hybridized carbons (Fsp3) is 0.372. The van der Waals surface area contributed by atoms with Crippen LogP contribution in [0.2, 0.25) is 0 Å². The van der Waals surface area contributed by atoms with Gasteiger partial charge in [-0.2, -0.15) is 0 Å². The SMILES string of the molecule is CC/C(=C(/[O-])Oc1ccccc1C(C)(C)C)c1ccccc1C.C[C]1[C](C)[C](C)[C](C)[C]1C.[CH]1[CH][C]2NC=CC(=[N+]3CCCC3)[C]2[CH]1.[Fe]. The number of aryl methyl sites for hydroxylation is 1. The van der Waals surface area contributed by atoms with Crippen molar-refractivity contribution in [3.05, 3.63) is 144 Å². The van der Waals surface area contributed by atoms with Crippen molar-refractivity contribution >= 4 is 11.3 Å². The third kappa shape index (κ3) is 9.60. The standard InChI is InChI=1S/C21H26O2.C12H14N2.C10H15.Fe/c1-6-16(17-12-8-7-11-15(17)2)20(22)23-19-14-10-9-13-18(19)21(3,4)5;1-2-9-14(8-1)12-6-7-13-11-5-3-4-10(11)12;1-6-7(2)9(4)10(5)8(6)3;/h7-14,22H,6H2,1-5H3;3-7,13H,1-2,8-9H2;1-5H3;/q;+1;;/p-1/b20-16+;;;. The molecular formula is C43H54FeN2O2. The van der Waals surface area contributed by atoms with Crippen molar-refractivity contribution in [2.75, 3.05) is 13.1 Å². The molecule has 0 atom stereocenters. The maximum atomic E-state index is 12.7. The van der Waals surface area contributed by atoms with E-state index >= 15 is 0 Å². The normalized spacial score (nSPS) is 20.3. The second-order valence-electron chi connectivity index (χ2n) is 13.8. The first kappa shape index (κ1) is 39.9. The minimum Gasteiger partial charge on any atom is -0.579 e. The number of rotatable bonds is 4. The second kappa shape index (κ2) is 18.0. The molecule has 2 heterocycles. The van der Waals surface area contributed by atoms with E-state index in [0.717, 1.165) is 16.7 Å². The van der Waals surface area contributed by atoms with Crippen molar-refractivity contribution in [3.8, 4) is 5.75 Å². The fourth-order valence-electron chi connectivity index (χ4n) is 6.40. The average Bonchev–Trinajstić information content (AvgIpc) is 3.80. The first-order valence-corrected chi connectivity index (χ1v) is 17.1. The Hall–Kier alpha value is -2.49. The number of fused-ring (bicyclic) bond motifs is 1. The largest absolute Gasteiger partial charge is 0.579 e. The van der Waals surface area contributed by atoms with Crippen LogP contribution in [-0.2, 0) is 22.5 Å². The Morgan fingerprint density at radius 3 is 1.94 bits per heavy atom. The van der Waals surface area contributed by atoms with Crippen LogP contribution >= 0.6 is 0 Å². The minimum absolute atomic E-state index is 0. The molecule has 2 aliphatic carbocycles. The maximum absolute atomic E-state index is 12.7. The van der Waals surface area contributed by atoms with Crippen LogP contribution in [0.1, 0.15) is 98.3 Å². The molecule has 2 saturated carbocycles. The van der Waals surface area contributed by atoms with Gasteiger partial charge < -0.3 is 15.2 Å². The molecule has 4 nitrogen and oxygen atoms in total. The van der Waals surface area contributed by atoms with Gasteiger partial charge in [0.15, 0.2) is 5.71 Å². The maximum Gasteiger partial charge on any atom is 0.187 e. The molecule has 4 aliphatic rings. The molecule has 2 aromatic rings. The van der Waals surface area contributed by atoms with Crippen molar-refractivity contribution < 1.29 is 31.5 Å². The van der Waals surface area contributed by atoms with Gasteiger partial charge in [0.25, 0.3) is 0 Å². The number of para-hydroxylation sites is 1. The second-order valence-corrected chi connectivity index (χ2v) is 13.8. The summed E-state index contributed by atoms with van der Waals surface area (Å²) in [4.78, 5) is 0. The predicted molar refractivity (Wildman–Crippen MR) is 195 cm³/mol. The zero-order chi connectivity index (χ0) is 34.3. The number of hydrogen-bond donors (Lipinski definition) is 1. The van der Waals surface area contributed by atoms with E-state index in [0.29, 0.717) is 17.7 Å². The summed E-state index contributed by atoms with van der Waals surface area (Å²) in [6, 6.07) is 16.9. The topological polar surface area (TPSA) is 47.3 Å². The third-order valence-corrected chi connectivity index (χ3v) is 9.80. The summed E-state index contributed by atoms with van der Waals surface area (Å²) < 4.78 is 8.24. The van der Waals surface area contributed by atoms with Crippen molar-refractivity contribution in [3.63, 3.8) is 0 Å². The molecule has 48 heavy (non-hydrogen) atoms. The molecular weight excluding hydrogens is 632 g/mol. The van der Waals surface area contributed by atoms with Gasteiger partial charge in [-0.15, -0.1) is 0 Å². The molecule has 1 N–H and O–H groups in total. The zero-order valence-corrected chi connectivity index (χ0v) is 31.8. The Morgan fingerprint density at radius 2 is 1.38 bits per heavy atom. The van der Waals surface area contributed by atoms with Crippen LogP contribution in [0.5, 0.6) is 5.75 Å². The van der Waals surface area contributed by atoms with Gasteiger partial charge in [0, 0.05) is 47.9 Å². The Labute approximate surface area is 304 Å². The van der Waals surface area contributed by atoms with Gasteiger partial charge in [0.05, 0.1) is 12.0 Å². The summed E-state index contributed by atoms with van der Waals surface area (Å²) in [6.45, 7) is 23.8. The molecule has 0 aromatic heterocycles. The minimum atomic E-state index is -0.265. The quantitative estimate of drug-likeness (QED) is 0.199. The van der Waals surface area contributed by atoms with Crippen LogP contribution in [0.15, 0.2) is 66.8 Å². The monoisotopic (exact) mass is 686 g/mol. The summed E-state index contributed by atoms with van der Waals surface area (Å²) in [5.41, 5.74) is 5.12. The number of hydrogen-bond acceptors (Lipinski definition) is 3. The van der Waals surface area contributed by atoms with Gasteiger partial charge in [0.1, 0.15) is 19.0 Å². The number of ether oxygens (including phenoxy) is 1.